The van der Waals surface area contributed by atoms with Gasteiger partial charge in [-0.2, -0.15) is 5.10 Å². The Morgan fingerprint density at radius 1 is 1.10 bits per heavy atom. The van der Waals surface area contributed by atoms with Crippen molar-refractivity contribution in [1.82, 2.24) is 5.01 Å². The number of carboxylic acids is 1. The highest BCUT2D eigenvalue weighted by atomic mass is 16.5. The molecule has 29 heavy (non-hydrogen) atoms. The molecule has 152 valence electrons. The quantitative estimate of drug-likeness (QED) is 0.736. The highest BCUT2D eigenvalue weighted by Gasteiger charge is 2.34. The van der Waals surface area contributed by atoms with Gasteiger partial charge in [0, 0.05) is 30.9 Å². The number of ether oxygens (including phenoxy) is 2. The van der Waals surface area contributed by atoms with E-state index in [9.17, 15) is 9.59 Å². The Labute approximate surface area is 169 Å². The summed E-state index contributed by atoms with van der Waals surface area (Å²) in [5.74, 6) is 0.149. The summed E-state index contributed by atoms with van der Waals surface area (Å²) in [6, 6.07) is 14.9. The van der Waals surface area contributed by atoms with E-state index in [1.807, 2.05) is 42.5 Å². The molecule has 1 unspecified atom stereocenters. The zero-order valence-corrected chi connectivity index (χ0v) is 16.5. The maximum absolute atomic E-state index is 12.9. The third kappa shape index (κ3) is 4.74. The molecule has 1 aliphatic rings. The summed E-state index contributed by atoms with van der Waals surface area (Å²) >= 11 is 0. The van der Waals surface area contributed by atoms with E-state index >= 15 is 0 Å². The van der Waals surface area contributed by atoms with Gasteiger partial charge < -0.3 is 14.6 Å². The lowest BCUT2D eigenvalue weighted by Gasteiger charge is -2.24. The van der Waals surface area contributed by atoms with Crippen molar-refractivity contribution < 1.29 is 24.2 Å². The van der Waals surface area contributed by atoms with Crippen molar-refractivity contribution >= 4 is 17.6 Å². The molecule has 2 aromatic carbocycles. The van der Waals surface area contributed by atoms with Crippen molar-refractivity contribution in [3.63, 3.8) is 0 Å². The average molecular weight is 396 g/mol. The standard InChI is InChI=1S/C22H24N2O5/c1-28-16-11-12-17(20(13-16)29-2)19-14-18(15-7-4-3-5-8-15)23-24(19)21(25)9-6-10-22(26)27/h3-5,7-8,11-13,19H,6,9-10,14H2,1-2H3,(H,26,27). The Hall–Kier alpha value is -3.35. The van der Waals surface area contributed by atoms with Gasteiger partial charge in [-0.3, -0.25) is 9.59 Å². The van der Waals surface area contributed by atoms with Gasteiger partial charge in [0.1, 0.15) is 11.5 Å². The first-order chi connectivity index (χ1) is 14.0. The fourth-order valence-corrected chi connectivity index (χ4v) is 3.39. The normalized spacial score (nSPS) is 15.7. The van der Waals surface area contributed by atoms with Gasteiger partial charge in [0.15, 0.2) is 0 Å². The second-order valence-corrected chi connectivity index (χ2v) is 6.73. The van der Waals surface area contributed by atoms with E-state index in [2.05, 4.69) is 5.10 Å². The molecule has 2 aromatic rings. The molecule has 0 bridgehead atoms. The molecule has 0 saturated heterocycles. The molecule has 1 amide bonds. The van der Waals surface area contributed by atoms with E-state index < -0.39 is 5.97 Å². The molecule has 1 heterocycles. The van der Waals surface area contributed by atoms with Crippen LogP contribution in [0.15, 0.2) is 53.6 Å². The fraction of sp³-hybridized carbons (Fsp3) is 0.318. The minimum atomic E-state index is -0.916. The molecule has 0 spiro atoms. The van der Waals surface area contributed by atoms with Gasteiger partial charge in [0.05, 0.1) is 26.0 Å². The summed E-state index contributed by atoms with van der Waals surface area (Å²) in [5.41, 5.74) is 2.58. The summed E-state index contributed by atoms with van der Waals surface area (Å²) in [7, 11) is 3.16. The molecule has 0 saturated carbocycles. The highest BCUT2D eigenvalue weighted by molar-refractivity contribution is 6.03. The van der Waals surface area contributed by atoms with Gasteiger partial charge >= 0.3 is 5.97 Å². The SMILES string of the molecule is COc1ccc(C2CC(c3ccccc3)=NN2C(=O)CCCC(=O)O)c(OC)c1. The predicted octanol–water partition coefficient (Wildman–Crippen LogP) is 3.64. The number of carboxylic acid groups (broad SMARTS) is 1. The van der Waals surface area contributed by atoms with Crippen LogP contribution in [0.2, 0.25) is 0 Å². The summed E-state index contributed by atoms with van der Waals surface area (Å²) in [4.78, 5) is 23.7. The monoisotopic (exact) mass is 396 g/mol. The summed E-state index contributed by atoms with van der Waals surface area (Å²) in [6.45, 7) is 0. The van der Waals surface area contributed by atoms with Gasteiger partial charge in [0.25, 0.3) is 0 Å². The minimum Gasteiger partial charge on any atom is -0.497 e. The largest absolute Gasteiger partial charge is 0.497 e. The molecular formula is C22H24N2O5. The van der Waals surface area contributed by atoms with Gasteiger partial charge in [-0.1, -0.05) is 30.3 Å². The summed E-state index contributed by atoms with van der Waals surface area (Å²) in [5, 5.41) is 14.9. The number of carbonyl (C=O) groups is 2. The molecule has 0 aliphatic carbocycles. The van der Waals surface area contributed by atoms with Crippen LogP contribution in [-0.4, -0.2) is 41.9 Å². The molecule has 0 fully saturated rings. The van der Waals surface area contributed by atoms with E-state index in [1.165, 1.54) is 5.01 Å². The Morgan fingerprint density at radius 2 is 1.86 bits per heavy atom. The number of methoxy groups -OCH3 is 2. The van der Waals surface area contributed by atoms with E-state index in [1.54, 1.807) is 20.3 Å². The molecule has 7 heteroatoms. The van der Waals surface area contributed by atoms with Gasteiger partial charge in [-0.05, 0) is 24.1 Å². The highest BCUT2D eigenvalue weighted by Crippen LogP contribution is 2.39. The third-order valence-electron chi connectivity index (χ3n) is 4.85. The predicted molar refractivity (Wildman–Crippen MR) is 108 cm³/mol. The fourth-order valence-electron chi connectivity index (χ4n) is 3.39. The minimum absolute atomic E-state index is 0.0502. The summed E-state index contributed by atoms with van der Waals surface area (Å²) in [6.07, 6.45) is 0.878. The van der Waals surface area contributed by atoms with Crippen LogP contribution in [0, 0.1) is 0 Å². The van der Waals surface area contributed by atoms with Crippen molar-refractivity contribution in [3.8, 4) is 11.5 Å². The first-order valence-corrected chi connectivity index (χ1v) is 9.42. The van der Waals surface area contributed by atoms with E-state index in [0.717, 1.165) is 16.8 Å². The van der Waals surface area contributed by atoms with E-state index in [-0.39, 0.29) is 31.2 Å². The van der Waals surface area contributed by atoms with Crippen LogP contribution in [-0.2, 0) is 9.59 Å². The van der Waals surface area contributed by atoms with Crippen LogP contribution < -0.4 is 9.47 Å². The topological polar surface area (TPSA) is 88.4 Å². The first kappa shape index (κ1) is 20.4. The van der Waals surface area contributed by atoms with E-state index in [0.29, 0.717) is 17.9 Å². The smallest absolute Gasteiger partial charge is 0.303 e. The Bertz CT molecular complexity index is 911. The van der Waals surface area contributed by atoms with Crippen LogP contribution in [0.4, 0.5) is 0 Å². The second-order valence-electron chi connectivity index (χ2n) is 6.73. The van der Waals surface area contributed by atoms with Gasteiger partial charge in [-0.15, -0.1) is 0 Å². The lowest BCUT2D eigenvalue weighted by Crippen LogP contribution is -2.27. The Balaban J connectivity index is 1.92. The second kappa shape index (κ2) is 9.23. The third-order valence-corrected chi connectivity index (χ3v) is 4.85. The number of hydrazone groups is 1. The number of benzene rings is 2. The molecule has 0 aromatic heterocycles. The van der Waals surface area contributed by atoms with Crippen LogP contribution >= 0.6 is 0 Å². The lowest BCUT2D eigenvalue weighted by atomic mass is 9.97. The van der Waals surface area contributed by atoms with Crippen molar-refractivity contribution in [2.24, 2.45) is 5.10 Å². The number of rotatable bonds is 8. The number of nitrogens with zero attached hydrogens (tertiary/aromatic N) is 2. The molecule has 1 aliphatic heterocycles. The number of aliphatic carboxylic acids is 1. The number of amides is 1. The van der Waals surface area contributed by atoms with Crippen LogP contribution in [0.3, 0.4) is 0 Å². The molecule has 1 atom stereocenters. The molecular weight excluding hydrogens is 372 g/mol. The van der Waals surface area contributed by atoms with E-state index in [4.69, 9.17) is 14.6 Å². The van der Waals surface area contributed by atoms with Crippen LogP contribution in [0.5, 0.6) is 11.5 Å². The Morgan fingerprint density at radius 3 is 2.52 bits per heavy atom. The number of carbonyl (C=O) groups excluding carboxylic acids is 1. The average Bonchev–Trinajstić information content (AvgIpc) is 3.19. The molecule has 0 radical (unpaired) electrons. The number of hydrogen-bond donors (Lipinski definition) is 1. The number of hydrogen-bond acceptors (Lipinski definition) is 5. The molecule has 7 nitrogen and oxygen atoms in total. The maximum atomic E-state index is 12.9. The van der Waals surface area contributed by atoms with Crippen molar-refractivity contribution in [2.45, 2.75) is 31.7 Å². The molecule has 3 rings (SSSR count). The van der Waals surface area contributed by atoms with Crippen molar-refractivity contribution in [2.75, 3.05) is 14.2 Å². The van der Waals surface area contributed by atoms with Crippen LogP contribution in [0.1, 0.15) is 42.9 Å². The van der Waals surface area contributed by atoms with Gasteiger partial charge in [0.2, 0.25) is 5.91 Å². The maximum Gasteiger partial charge on any atom is 0.303 e. The zero-order chi connectivity index (χ0) is 20.8. The van der Waals surface area contributed by atoms with Crippen LogP contribution in [0.25, 0.3) is 0 Å². The summed E-state index contributed by atoms with van der Waals surface area (Å²) < 4.78 is 10.8. The molecule has 1 N–H and O–H groups in total. The van der Waals surface area contributed by atoms with Crippen molar-refractivity contribution in [1.29, 1.82) is 0 Å². The Kier molecular flexibility index (Phi) is 6.49. The zero-order valence-electron chi connectivity index (χ0n) is 16.5. The first-order valence-electron chi connectivity index (χ1n) is 9.42. The van der Waals surface area contributed by atoms with Crippen molar-refractivity contribution in [3.05, 3.63) is 59.7 Å². The van der Waals surface area contributed by atoms with Gasteiger partial charge in [-0.25, -0.2) is 5.01 Å². The lowest BCUT2D eigenvalue weighted by molar-refractivity contribution is -0.137.